The fourth-order valence-electron chi connectivity index (χ4n) is 0.852. The highest BCUT2D eigenvalue weighted by atomic mass is 32.2. The zero-order valence-corrected chi connectivity index (χ0v) is 7.19. The lowest BCUT2D eigenvalue weighted by atomic mass is 10.2. The second kappa shape index (κ2) is 3.64. The Morgan fingerprint density at radius 1 is 1.55 bits per heavy atom. The van der Waals surface area contributed by atoms with Crippen molar-refractivity contribution >= 4 is 11.8 Å². The molecule has 0 saturated heterocycles. The lowest BCUT2D eigenvalue weighted by Crippen LogP contribution is -1.96. The van der Waals surface area contributed by atoms with Gasteiger partial charge in [0.2, 0.25) is 0 Å². The van der Waals surface area contributed by atoms with Crippen LogP contribution in [-0.4, -0.2) is 11.4 Å². The van der Waals surface area contributed by atoms with Crippen LogP contribution in [0.15, 0.2) is 23.1 Å². The molecule has 0 aliphatic heterocycles. The van der Waals surface area contributed by atoms with E-state index in [1.807, 2.05) is 18.4 Å². The number of hydrogen-bond acceptors (Lipinski definition) is 3. The third kappa shape index (κ3) is 1.88. The summed E-state index contributed by atoms with van der Waals surface area (Å²) in [5.41, 5.74) is 6.21. The first kappa shape index (κ1) is 8.43. The van der Waals surface area contributed by atoms with Crippen LogP contribution in [0.4, 0.5) is 0 Å². The Morgan fingerprint density at radius 3 is 2.82 bits per heavy atom. The SMILES string of the molecule is CSc1ccc(O)c(CN)c1. The van der Waals surface area contributed by atoms with E-state index in [1.165, 1.54) is 0 Å². The number of hydrogen-bond donors (Lipinski definition) is 2. The number of thioether (sulfide) groups is 1. The molecular formula is C8H11NOS. The molecule has 60 valence electrons. The molecule has 2 nitrogen and oxygen atoms in total. The van der Waals surface area contributed by atoms with E-state index in [1.54, 1.807) is 17.8 Å². The average Bonchev–Trinajstić information content (AvgIpc) is 2.05. The summed E-state index contributed by atoms with van der Waals surface area (Å²) in [6.07, 6.45) is 1.99. The van der Waals surface area contributed by atoms with E-state index >= 15 is 0 Å². The predicted molar refractivity (Wildman–Crippen MR) is 47.8 cm³/mol. The number of nitrogens with two attached hydrogens (primary N) is 1. The normalized spacial score (nSPS) is 10.0. The summed E-state index contributed by atoms with van der Waals surface area (Å²) in [4.78, 5) is 1.13. The standard InChI is InChI=1S/C8H11NOS/c1-11-7-2-3-8(10)6(4-7)5-9/h2-4,10H,5,9H2,1H3. The van der Waals surface area contributed by atoms with E-state index in [-0.39, 0.29) is 5.75 Å². The van der Waals surface area contributed by atoms with E-state index in [4.69, 9.17) is 5.73 Å². The Hall–Kier alpha value is -0.670. The molecule has 0 amide bonds. The summed E-state index contributed by atoms with van der Waals surface area (Å²) < 4.78 is 0. The van der Waals surface area contributed by atoms with Gasteiger partial charge in [-0.2, -0.15) is 0 Å². The molecule has 0 aliphatic rings. The Bertz CT molecular complexity index is 250. The van der Waals surface area contributed by atoms with Gasteiger partial charge >= 0.3 is 0 Å². The molecule has 0 aliphatic carbocycles. The first-order valence-corrected chi connectivity index (χ1v) is 4.56. The molecule has 0 heterocycles. The van der Waals surface area contributed by atoms with E-state index in [0.29, 0.717) is 6.54 Å². The Kier molecular flexibility index (Phi) is 2.79. The monoisotopic (exact) mass is 169 g/mol. The molecule has 1 aromatic carbocycles. The highest BCUT2D eigenvalue weighted by molar-refractivity contribution is 7.98. The first-order valence-electron chi connectivity index (χ1n) is 3.34. The maximum atomic E-state index is 9.24. The largest absolute Gasteiger partial charge is 0.508 e. The van der Waals surface area contributed by atoms with Gasteiger partial charge in [-0.25, -0.2) is 0 Å². The Morgan fingerprint density at radius 2 is 2.27 bits per heavy atom. The topological polar surface area (TPSA) is 46.2 Å². The van der Waals surface area contributed by atoms with Crippen molar-refractivity contribution in [3.05, 3.63) is 23.8 Å². The van der Waals surface area contributed by atoms with Gasteiger partial charge in [0.25, 0.3) is 0 Å². The highest BCUT2D eigenvalue weighted by Gasteiger charge is 1.98. The van der Waals surface area contributed by atoms with Crippen molar-refractivity contribution in [2.75, 3.05) is 6.26 Å². The van der Waals surface area contributed by atoms with Crippen LogP contribution in [0, 0.1) is 0 Å². The van der Waals surface area contributed by atoms with Crippen molar-refractivity contribution in [1.29, 1.82) is 0 Å². The molecule has 1 aromatic rings. The van der Waals surface area contributed by atoms with E-state index < -0.39 is 0 Å². The zero-order chi connectivity index (χ0) is 8.27. The van der Waals surface area contributed by atoms with Crippen molar-refractivity contribution in [3.8, 4) is 5.75 Å². The van der Waals surface area contributed by atoms with Crippen LogP contribution in [0.25, 0.3) is 0 Å². The number of benzene rings is 1. The minimum atomic E-state index is 0.283. The summed E-state index contributed by atoms with van der Waals surface area (Å²) in [6.45, 7) is 0.389. The van der Waals surface area contributed by atoms with Gasteiger partial charge in [-0.15, -0.1) is 11.8 Å². The van der Waals surface area contributed by atoms with Gasteiger partial charge in [-0.1, -0.05) is 0 Å². The smallest absolute Gasteiger partial charge is 0.120 e. The van der Waals surface area contributed by atoms with Gasteiger partial charge in [0.1, 0.15) is 5.75 Å². The first-order chi connectivity index (χ1) is 5.27. The van der Waals surface area contributed by atoms with Gasteiger partial charge in [0, 0.05) is 17.0 Å². The molecule has 0 spiro atoms. The zero-order valence-electron chi connectivity index (χ0n) is 6.37. The molecule has 3 N–H and O–H groups in total. The maximum Gasteiger partial charge on any atom is 0.120 e. The van der Waals surface area contributed by atoms with E-state index in [2.05, 4.69) is 0 Å². The quantitative estimate of drug-likeness (QED) is 0.661. The van der Waals surface area contributed by atoms with Gasteiger partial charge in [-0.05, 0) is 24.5 Å². The fourth-order valence-corrected chi connectivity index (χ4v) is 1.32. The molecule has 11 heavy (non-hydrogen) atoms. The Balaban J connectivity index is 3.02. The van der Waals surface area contributed by atoms with Gasteiger partial charge < -0.3 is 10.8 Å². The second-order valence-corrected chi connectivity index (χ2v) is 3.08. The van der Waals surface area contributed by atoms with Gasteiger partial charge in [-0.3, -0.25) is 0 Å². The summed E-state index contributed by atoms with van der Waals surface area (Å²) in [5, 5.41) is 9.24. The molecule has 0 aromatic heterocycles. The summed E-state index contributed by atoms with van der Waals surface area (Å²) >= 11 is 1.64. The van der Waals surface area contributed by atoms with Crippen LogP contribution in [-0.2, 0) is 6.54 Å². The van der Waals surface area contributed by atoms with Crippen molar-refractivity contribution in [3.63, 3.8) is 0 Å². The lowest BCUT2D eigenvalue weighted by molar-refractivity contribution is 0.468. The molecule has 0 saturated carbocycles. The number of phenols is 1. The van der Waals surface area contributed by atoms with Crippen LogP contribution in [0.3, 0.4) is 0 Å². The summed E-state index contributed by atoms with van der Waals surface area (Å²) in [6, 6.07) is 5.45. The lowest BCUT2D eigenvalue weighted by Gasteiger charge is -2.02. The molecule has 3 heteroatoms. The fraction of sp³-hybridized carbons (Fsp3) is 0.250. The van der Waals surface area contributed by atoms with E-state index in [9.17, 15) is 5.11 Å². The third-order valence-electron chi connectivity index (χ3n) is 1.51. The number of phenolic OH excluding ortho intramolecular Hbond substituents is 1. The molecule has 1 rings (SSSR count). The van der Waals surface area contributed by atoms with Gasteiger partial charge in [0.05, 0.1) is 0 Å². The van der Waals surface area contributed by atoms with Crippen molar-refractivity contribution in [1.82, 2.24) is 0 Å². The van der Waals surface area contributed by atoms with Crippen molar-refractivity contribution in [2.45, 2.75) is 11.4 Å². The highest BCUT2D eigenvalue weighted by Crippen LogP contribution is 2.22. The minimum absolute atomic E-state index is 0.283. The van der Waals surface area contributed by atoms with Gasteiger partial charge in [0.15, 0.2) is 0 Å². The second-order valence-electron chi connectivity index (χ2n) is 2.20. The molecule has 0 unspecified atom stereocenters. The molecular weight excluding hydrogens is 158 g/mol. The molecule has 0 bridgehead atoms. The Labute approximate surface area is 70.4 Å². The molecule has 0 fully saturated rings. The van der Waals surface area contributed by atoms with Crippen LogP contribution >= 0.6 is 11.8 Å². The summed E-state index contributed by atoms with van der Waals surface area (Å²) in [5.74, 6) is 0.283. The summed E-state index contributed by atoms with van der Waals surface area (Å²) in [7, 11) is 0. The number of rotatable bonds is 2. The van der Waals surface area contributed by atoms with Crippen LogP contribution in [0.5, 0.6) is 5.75 Å². The molecule has 0 radical (unpaired) electrons. The minimum Gasteiger partial charge on any atom is -0.508 e. The molecule has 0 atom stereocenters. The van der Waals surface area contributed by atoms with Crippen LogP contribution < -0.4 is 5.73 Å². The number of aromatic hydroxyl groups is 1. The average molecular weight is 169 g/mol. The van der Waals surface area contributed by atoms with Crippen molar-refractivity contribution < 1.29 is 5.11 Å². The van der Waals surface area contributed by atoms with E-state index in [0.717, 1.165) is 10.5 Å². The maximum absolute atomic E-state index is 9.24. The van der Waals surface area contributed by atoms with Crippen LogP contribution in [0.1, 0.15) is 5.56 Å². The van der Waals surface area contributed by atoms with Crippen LogP contribution in [0.2, 0.25) is 0 Å². The third-order valence-corrected chi connectivity index (χ3v) is 2.23. The predicted octanol–water partition coefficient (Wildman–Crippen LogP) is 1.57. The van der Waals surface area contributed by atoms with Crippen molar-refractivity contribution in [2.24, 2.45) is 5.73 Å².